The molecule has 3 nitrogen and oxygen atoms in total. The van der Waals surface area contributed by atoms with Gasteiger partial charge in [0.2, 0.25) is 5.91 Å². The average Bonchev–Trinajstić information content (AvgIpc) is 2.12. The first-order valence-electron chi connectivity index (χ1n) is 5.72. The van der Waals surface area contributed by atoms with Crippen LogP contribution in [0.5, 0.6) is 0 Å². The van der Waals surface area contributed by atoms with Crippen molar-refractivity contribution in [3.63, 3.8) is 0 Å². The molecular formula is C11H24N2O. The van der Waals surface area contributed by atoms with E-state index in [1.54, 1.807) is 0 Å². The van der Waals surface area contributed by atoms with E-state index in [9.17, 15) is 4.79 Å². The predicted octanol–water partition coefficient (Wildman–Crippen LogP) is 1.81. The molecule has 0 rings (SSSR count). The highest BCUT2D eigenvalue weighted by atomic mass is 16.1. The Hall–Kier alpha value is -0.570. The van der Waals surface area contributed by atoms with Crippen molar-refractivity contribution in [1.29, 1.82) is 0 Å². The van der Waals surface area contributed by atoms with Crippen molar-refractivity contribution in [3.05, 3.63) is 0 Å². The van der Waals surface area contributed by atoms with E-state index in [2.05, 4.69) is 19.2 Å². The van der Waals surface area contributed by atoms with Crippen LogP contribution in [0.1, 0.15) is 52.4 Å². The van der Waals surface area contributed by atoms with Crippen LogP contribution in [0.4, 0.5) is 0 Å². The van der Waals surface area contributed by atoms with Gasteiger partial charge in [0.25, 0.3) is 0 Å². The lowest BCUT2D eigenvalue weighted by Gasteiger charge is -2.15. The number of nitrogens with two attached hydrogens (primary N) is 1. The SMILES string of the molecule is CCCCCCC(CC(N)=O)NCC. The van der Waals surface area contributed by atoms with E-state index in [4.69, 9.17) is 5.73 Å². The molecule has 0 fully saturated rings. The molecule has 0 saturated heterocycles. The Morgan fingerprint density at radius 2 is 2.00 bits per heavy atom. The van der Waals surface area contributed by atoms with Crippen LogP contribution in [0.3, 0.4) is 0 Å². The fourth-order valence-electron chi connectivity index (χ4n) is 1.63. The number of hydrogen-bond acceptors (Lipinski definition) is 2. The lowest BCUT2D eigenvalue weighted by molar-refractivity contribution is -0.118. The second-order valence-corrected chi connectivity index (χ2v) is 3.77. The van der Waals surface area contributed by atoms with E-state index in [-0.39, 0.29) is 11.9 Å². The summed E-state index contributed by atoms with van der Waals surface area (Å²) >= 11 is 0. The molecule has 1 amide bonds. The van der Waals surface area contributed by atoms with Gasteiger partial charge < -0.3 is 11.1 Å². The molecule has 0 radical (unpaired) electrons. The summed E-state index contributed by atoms with van der Waals surface area (Å²) < 4.78 is 0. The molecule has 14 heavy (non-hydrogen) atoms. The van der Waals surface area contributed by atoms with E-state index in [0.29, 0.717) is 6.42 Å². The van der Waals surface area contributed by atoms with Crippen LogP contribution >= 0.6 is 0 Å². The lowest BCUT2D eigenvalue weighted by atomic mass is 10.0. The third kappa shape index (κ3) is 8.05. The Morgan fingerprint density at radius 3 is 2.50 bits per heavy atom. The summed E-state index contributed by atoms with van der Waals surface area (Å²) in [5.74, 6) is -0.202. The highest BCUT2D eigenvalue weighted by Crippen LogP contribution is 2.07. The Kier molecular flexibility index (Phi) is 8.64. The van der Waals surface area contributed by atoms with Crippen molar-refractivity contribution in [2.45, 2.75) is 58.4 Å². The third-order valence-corrected chi connectivity index (χ3v) is 2.35. The van der Waals surface area contributed by atoms with Gasteiger partial charge in [0.1, 0.15) is 0 Å². The molecule has 0 aromatic heterocycles. The Labute approximate surface area is 87.4 Å². The first-order chi connectivity index (χ1) is 6.70. The van der Waals surface area contributed by atoms with Crippen molar-refractivity contribution < 1.29 is 4.79 Å². The molecular weight excluding hydrogens is 176 g/mol. The van der Waals surface area contributed by atoms with Gasteiger partial charge in [-0.15, -0.1) is 0 Å². The minimum Gasteiger partial charge on any atom is -0.370 e. The van der Waals surface area contributed by atoms with Gasteiger partial charge in [0.05, 0.1) is 0 Å². The first kappa shape index (κ1) is 13.4. The molecule has 0 saturated carbocycles. The fourth-order valence-corrected chi connectivity index (χ4v) is 1.63. The van der Waals surface area contributed by atoms with E-state index in [1.165, 1.54) is 25.7 Å². The topological polar surface area (TPSA) is 55.1 Å². The molecule has 0 spiro atoms. The predicted molar refractivity (Wildman–Crippen MR) is 60.0 cm³/mol. The van der Waals surface area contributed by atoms with Crippen LogP contribution in [0.2, 0.25) is 0 Å². The van der Waals surface area contributed by atoms with Crippen LogP contribution in [0, 0.1) is 0 Å². The maximum absolute atomic E-state index is 10.8. The summed E-state index contributed by atoms with van der Waals surface area (Å²) in [6, 6.07) is 0.286. The number of rotatable bonds is 9. The quantitative estimate of drug-likeness (QED) is 0.558. The second kappa shape index (κ2) is 9.00. The molecule has 1 atom stereocenters. The standard InChI is InChI=1S/C11H24N2O/c1-3-5-6-7-8-10(13-4-2)9-11(12)14/h10,13H,3-9H2,1-2H3,(H2,12,14). The summed E-state index contributed by atoms with van der Waals surface area (Å²) in [5.41, 5.74) is 5.18. The molecule has 0 bridgehead atoms. The molecule has 3 N–H and O–H groups in total. The van der Waals surface area contributed by atoms with E-state index in [0.717, 1.165) is 13.0 Å². The van der Waals surface area contributed by atoms with Gasteiger partial charge >= 0.3 is 0 Å². The van der Waals surface area contributed by atoms with E-state index < -0.39 is 0 Å². The number of amides is 1. The van der Waals surface area contributed by atoms with Gasteiger partial charge in [-0.05, 0) is 13.0 Å². The fraction of sp³-hybridized carbons (Fsp3) is 0.909. The molecule has 3 heteroatoms. The summed E-state index contributed by atoms with van der Waals surface area (Å²) in [6.07, 6.45) is 6.53. The van der Waals surface area contributed by atoms with Crippen LogP contribution in [0.15, 0.2) is 0 Å². The third-order valence-electron chi connectivity index (χ3n) is 2.35. The summed E-state index contributed by atoms with van der Waals surface area (Å²) in [5, 5.41) is 3.29. The summed E-state index contributed by atoms with van der Waals surface area (Å²) in [4.78, 5) is 10.8. The minimum absolute atomic E-state index is 0.202. The van der Waals surface area contributed by atoms with Crippen LogP contribution < -0.4 is 11.1 Å². The zero-order valence-corrected chi connectivity index (χ0v) is 9.51. The number of nitrogens with one attached hydrogen (secondary N) is 1. The highest BCUT2D eigenvalue weighted by Gasteiger charge is 2.09. The normalized spacial score (nSPS) is 12.7. The molecule has 0 aliphatic carbocycles. The number of carbonyl (C=O) groups excluding carboxylic acids is 1. The number of hydrogen-bond donors (Lipinski definition) is 2. The summed E-state index contributed by atoms with van der Waals surface area (Å²) in [6.45, 7) is 5.16. The molecule has 0 aromatic rings. The van der Waals surface area contributed by atoms with Crippen molar-refractivity contribution >= 4 is 5.91 Å². The number of primary amides is 1. The minimum atomic E-state index is -0.202. The smallest absolute Gasteiger partial charge is 0.218 e. The zero-order chi connectivity index (χ0) is 10.8. The number of carbonyl (C=O) groups is 1. The van der Waals surface area contributed by atoms with Crippen molar-refractivity contribution in [1.82, 2.24) is 5.32 Å². The molecule has 84 valence electrons. The largest absolute Gasteiger partial charge is 0.370 e. The molecule has 0 aliphatic rings. The highest BCUT2D eigenvalue weighted by molar-refractivity contribution is 5.74. The average molecular weight is 200 g/mol. The molecule has 0 heterocycles. The monoisotopic (exact) mass is 200 g/mol. The van der Waals surface area contributed by atoms with Gasteiger partial charge in [-0.3, -0.25) is 4.79 Å². The molecule has 0 aromatic carbocycles. The van der Waals surface area contributed by atoms with Crippen molar-refractivity contribution in [2.24, 2.45) is 5.73 Å². The maximum Gasteiger partial charge on any atom is 0.218 e. The summed E-state index contributed by atoms with van der Waals surface area (Å²) in [7, 11) is 0. The first-order valence-corrected chi connectivity index (χ1v) is 5.72. The Morgan fingerprint density at radius 1 is 1.29 bits per heavy atom. The zero-order valence-electron chi connectivity index (χ0n) is 9.51. The second-order valence-electron chi connectivity index (χ2n) is 3.77. The molecule has 0 aliphatic heterocycles. The van der Waals surface area contributed by atoms with Crippen LogP contribution in [0.25, 0.3) is 0 Å². The lowest BCUT2D eigenvalue weighted by Crippen LogP contribution is -2.33. The van der Waals surface area contributed by atoms with Gasteiger partial charge in [0.15, 0.2) is 0 Å². The Bertz CT molecular complexity index is 148. The Balaban J connectivity index is 3.56. The van der Waals surface area contributed by atoms with Crippen LogP contribution in [-0.4, -0.2) is 18.5 Å². The maximum atomic E-state index is 10.8. The van der Waals surface area contributed by atoms with Gasteiger partial charge in [-0.25, -0.2) is 0 Å². The van der Waals surface area contributed by atoms with Crippen molar-refractivity contribution in [3.8, 4) is 0 Å². The van der Waals surface area contributed by atoms with Gasteiger partial charge in [0, 0.05) is 12.5 Å². The van der Waals surface area contributed by atoms with E-state index in [1.807, 2.05) is 0 Å². The van der Waals surface area contributed by atoms with Gasteiger partial charge in [-0.2, -0.15) is 0 Å². The number of unbranched alkanes of at least 4 members (excludes halogenated alkanes) is 3. The molecule has 1 unspecified atom stereocenters. The van der Waals surface area contributed by atoms with Gasteiger partial charge in [-0.1, -0.05) is 39.5 Å². The van der Waals surface area contributed by atoms with E-state index >= 15 is 0 Å². The van der Waals surface area contributed by atoms with Crippen molar-refractivity contribution in [2.75, 3.05) is 6.54 Å². The van der Waals surface area contributed by atoms with Crippen LogP contribution in [-0.2, 0) is 4.79 Å².